The smallest absolute Gasteiger partial charge is 0.407 e. The van der Waals surface area contributed by atoms with Crippen molar-refractivity contribution >= 4 is 6.09 Å². The van der Waals surface area contributed by atoms with Crippen molar-refractivity contribution in [3.05, 3.63) is 71.3 Å². The molecule has 3 rings (SSSR count). The number of carbonyl (C=O) groups is 1. The van der Waals surface area contributed by atoms with Gasteiger partial charge in [-0.15, -0.1) is 0 Å². The molecule has 4 heteroatoms. The summed E-state index contributed by atoms with van der Waals surface area (Å²) in [7, 11) is 0. The van der Waals surface area contributed by atoms with Crippen molar-refractivity contribution in [1.82, 2.24) is 5.32 Å². The van der Waals surface area contributed by atoms with Crippen LogP contribution in [0, 0.1) is 6.92 Å². The molecule has 1 aliphatic rings. The van der Waals surface area contributed by atoms with Crippen LogP contribution < -0.4 is 5.32 Å². The lowest BCUT2D eigenvalue weighted by molar-refractivity contribution is 0.133. The summed E-state index contributed by atoms with van der Waals surface area (Å²) in [4.78, 5) is 12.0. The molecule has 2 aromatic rings. The van der Waals surface area contributed by atoms with Crippen molar-refractivity contribution in [2.75, 3.05) is 6.61 Å². The first-order valence-corrected chi connectivity index (χ1v) is 7.85. The van der Waals surface area contributed by atoms with E-state index in [0.29, 0.717) is 6.61 Å². The van der Waals surface area contributed by atoms with Crippen molar-refractivity contribution < 1.29 is 14.3 Å². The summed E-state index contributed by atoms with van der Waals surface area (Å²) in [5.41, 5.74) is 3.38. The van der Waals surface area contributed by atoms with E-state index in [9.17, 15) is 4.79 Å². The quantitative estimate of drug-likeness (QED) is 0.833. The molecule has 1 saturated heterocycles. The van der Waals surface area contributed by atoms with Crippen LogP contribution in [0.1, 0.15) is 16.7 Å². The van der Waals surface area contributed by atoms with Crippen LogP contribution in [0.15, 0.2) is 54.6 Å². The summed E-state index contributed by atoms with van der Waals surface area (Å²) in [6.45, 7) is 3.02. The standard InChI is InChI=1S/C19H21NO3/c1-14-7-9-15(10-8-14)11-17(18-13-22-18)20-19(21)23-12-16-5-3-2-4-6-16/h2-10,17-18H,11-13H2,1H3,(H,20,21)/t17?,18-/m0/s1. The van der Waals surface area contributed by atoms with Crippen LogP contribution in [-0.2, 0) is 22.5 Å². The van der Waals surface area contributed by atoms with Crippen molar-refractivity contribution in [1.29, 1.82) is 0 Å². The molecule has 1 aliphatic heterocycles. The summed E-state index contributed by atoms with van der Waals surface area (Å²) in [5, 5.41) is 2.93. The van der Waals surface area contributed by atoms with E-state index >= 15 is 0 Å². The second-order valence-electron chi connectivity index (χ2n) is 5.87. The molecule has 1 fully saturated rings. The van der Waals surface area contributed by atoms with Crippen LogP contribution in [0.2, 0.25) is 0 Å². The number of aryl methyl sites for hydroxylation is 1. The van der Waals surface area contributed by atoms with Gasteiger partial charge in [-0.25, -0.2) is 4.79 Å². The lowest BCUT2D eigenvalue weighted by Crippen LogP contribution is -2.40. The van der Waals surface area contributed by atoms with E-state index in [1.54, 1.807) is 0 Å². The average molecular weight is 311 g/mol. The molecule has 4 nitrogen and oxygen atoms in total. The lowest BCUT2D eigenvalue weighted by atomic mass is 10.0. The molecule has 1 amide bonds. The van der Waals surface area contributed by atoms with Crippen LogP contribution in [0.4, 0.5) is 4.79 Å². The molecular weight excluding hydrogens is 290 g/mol. The number of ether oxygens (including phenoxy) is 2. The van der Waals surface area contributed by atoms with Crippen LogP contribution in [0.3, 0.4) is 0 Å². The van der Waals surface area contributed by atoms with Crippen molar-refractivity contribution in [2.24, 2.45) is 0 Å². The van der Waals surface area contributed by atoms with E-state index < -0.39 is 6.09 Å². The third kappa shape index (κ3) is 4.83. The zero-order chi connectivity index (χ0) is 16.1. The predicted molar refractivity (Wildman–Crippen MR) is 88.2 cm³/mol. The highest BCUT2D eigenvalue weighted by Crippen LogP contribution is 2.18. The number of alkyl carbamates (subject to hydrolysis) is 1. The third-order valence-electron chi connectivity index (χ3n) is 3.90. The van der Waals surface area contributed by atoms with Gasteiger partial charge in [-0.05, 0) is 24.5 Å². The maximum Gasteiger partial charge on any atom is 0.407 e. The van der Waals surface area contributed by atoms with E-state index in [1.165, 1.54) is 11.1 Å². The van der Waals surface area contributed by atoms with Crippen molar-refractivity contribution in [2.45, 2.75) is 32.1 Å². The number of rotatable bonds is 6. The molecule has 23 heavy (non-hydrogen) atoms. The minimum Gasteiger partial charge on any atom is -0.445 e. The summed E-state index contributed by atoms with van der Waals surface area (Å²) in [6, 6.07) is 17.9. The second-order valence-corrected chi connectivity index (χ2v) is 5.87. The van der Waals surface area contributed by atoms with Gasteiger partial charge in [0.25, 0.3) is 0 Å². The fraction of sp³-hybridized carbons (Fsp3) is 0.316. The van der Waals surface area contributed by atoms with Gasteiger partial charge in [-0.3, -0.25) is 0 Å². The fourth-order valence-corrected chi connectivity index (χ4v) is 2.46. The summed E-state index contributed by atoms with van der Waals surface area (Å²) < 4.78 is 10.6. The molecule has 0 saturated carbocycles. The number of carbonyl (C=O) groups excluding carboxylic acids is 1. The Morgan fingerprint density at radius 1 is 1.17 bits per heavy atom. The van der Waals surface area contributed by atoms with Gasteiger partial charge in [-0.2, -0.15) is 0 Å². The Morgan fingerprint density at radius 2 is 1.87 bits per heavy atom. The highest BCUT2D eigenvalue weighted by Gasteiger charge is 2.34. The number of benzene rings is 2. The molecule has 0 bridgehead atoms. The summed E-state index contributed by atoms with van der Waals surface area (Å²) in [5.74, 6) is 0. The number of hydrogen-bond donors (Lipinski definition) is 1. The Morgan fingerprint density at radius 3 is 2.52 bits per heavy atom. The lowest BCUT2D eigenvalue weighted by Gasteiger charge is -2.17. The Labute approximate surface area is 136 Å². The first kappa shape index (κ1) is 15.6. The van der Waals surface area contributed by atoms with Crippen LogP contribution >= 0.6 is 0 Å². The Kier molecular flexibility index (Phi) is 4.93. The van der Waals surface area contributed by atoms with Crippen molar-refractivity contribution in [3.8, 4) is 0 Å². The molecule has 1 heterocycles. The van der Waals surface area contributed by atoms with Gasteiger partial charge >= 0.3 is 6.09 Å². The molecule has 1 unspecified atom stereocenters. The number of amides is 1. The molecule has 120 valence electrons. The first-order chi connectivity index (χ1) is 11.2. The fourth-order valence-electron chi connectivity index (χ4n) is 2.46. The summed E-state index contributed by atoms with van der Waals surface area (Å²) >= 11 is 0. The molecule has 0 spiro atoms. The Bertz CT molecular complexity index is 635. The molecule has 0 aliphatic carbocycles. The third-order valence-corrected chi connectivity index (χ3v) is 3.90. The van der Waals surface area contributed by atoms with E-state index in [1.807, 2.05) is 30.3 Å². The first-order valence-electron chi connectivity index (χ1n) is 7.85. The highest BCUT2D eigenvalue weighted by atomic mass is 16.6. The number of hydrogen-bond acceptors (Lipinski definition) is 3. The molecule has 2 aromatic carbocycles. The molecule has 0 aromatic heterocycles. The minimum atomic E-state index is -0.401. The molecule has 2 atom stereocenters. The SMILES string of the molecule is Cc1ccc(CC(NC(=O)OCc2ccccc2)[C@@H]2CO2)cc1. The second kappa shape index (κ2) is 7.29. The topological polar surface area (TPSA) is 50.9 Å². The van der Waals surface area contributed by atoms with Crippen LogP contribution in [-0.4, -0.2) is 24.8 Å². The van der Waals surface area contributed by atoms with Gasteiger partial charge in [0.05, 0.1) is 12.6 Å². The monoisotopic (exact) mass is 311 g/mol. The largest absolute Gasteiger partial charge is 0.445 e. The zero-order valence-corrected chi connectivity index (χ0v) is 13.2. The van der Waals surface area contributed by atoms with E-state index in [4.69, 9.17) is 9.47 Å². The van der Waals surface area contributed by atoms with E-state index in [-0.39, 0.29) is 18.8 Å². The Balaban J connectivity index is 1.52. The van der Waals surface area contributed by atoms with E-state index in [2.05, 4.69) is 36.5 Å². The highest BCUT2D eigenvalue weighted by molar-refractivity contribution is 5.67. The molecular formula is C19H21NO3. The van der Waals surface area contributed by atoms with Crippen molar-refractivity contribution in [3.63, 3.8) is 0 Å². The maximum absolute atomic E-state index is 12.0. The molecule has 1 N–H and O–H groups in total. The van der Waals surface area contributed by atoms with Gasteiger partial charge in [0.1, 0.15) is 12.7 Å². The normalized spacial score (nSPS) is 17.3. The number of nitrogens with one attached hydrogen (secondary N) is 1. The maximum atomic E-state index is 12.0. The molecule has 0 radical (unpaired) electrons. The van der Waals surface area contributed by atoms with Crippen LogP contribution in [0.25, 0.3) is 0 Å². The summed E-state index contributed by atoms with van der Waals surface area (Å²) in [6.07, 6.45) is 0.424. The van der Waals surface area contributed by atoms with Gasteiger partial charge in [-0.1, -0.05) is 60.2 Å². The van der Waals surface area contributed by atoms with E-state index in [0.717, 1.165) is 12.0 Å². The predicted octanol–water partition coefficient (Wildman–Crippen LogP) is 3.23. The minimum absolute atomic E-state index is 0.0546. The Hall–Kier alpha value is -2.33. The van der Waals surface area contributed by atoms with Gasteiger partial charge in [0.2, 0.25) is 0 Å². The average Bonchev–Trinajstić information content (AvgIpc) is 3.40. The van der Waals surface area contributed by atoms with Crippen LogP contribution in [0.5, 0.6) is 0 Å². The van der Waals surface area contributed by atoms with Gasteiger partial charge < -0.3 is 14.8 Å². The van der Waals surface area contributed by atoms with Gasteiger partial charge in [0, 0.05) is 0 Å². The number of epoxide rings is 1. The van der Waals surface area contributed by atoms with Gasteiger partial charge in [0.15, 0.2) is 0 Å². The zero-order valence-electron chi connectivity index (χ0n) is 13.2.